The molecule has 1 heterocycles. The number of halogens is 2. The van der Waals surface area contributed by atoms with E-state index in [2.05, 4.69) is 10.3 Å². The van der Waals surface area contributed by atoms with Gasteiger partial charge < -0.3 is 5.32 Å². The molecule has 0 aliphatic heterocycles. The first kappa shape index (κ1) is 15.3. The Kier molecular flexibility index (Phi) is 5.02. The molecule has 0 spiro atoms. The lowest BCUT2D eigenvalue weighted by molar-refractivity contribution is 0.0954. The van der Waals surface area contributed by atoms with Crippen LogP contribution in [-0.4, -0.2) is 17.4 Å². The highest BCUT2D eigenvalue weighted by Crippen LogP contribution is 2.21. The first-order chi connectivity index (χ1) is 9.47. The maximum atomic E-state index is 12.0. The van der Waals surface area contributed by atoms with Crippen LogP contribution >= 0.6 is 34.5 Å². The van der Waals surface area contributed by atoms with Gasteiger partial charge in [0, 0.05) is 22.9 Å². The van der Waals surface area contributed by atoms with Crippen molar-refractivity contribution in [1.82, 2.24) is 10.3 Å². The predicted octanol–water partition coefficient (Wildman–Crippen LogP) is 4.04. The second-order valence-electron chi connectivity index (χ2n) is 4.37. The molecule has 0 radical (unpaired) electrons. The largest absolute Gasteiger partial charge is 0.352 e. The zero-order chi connectivity index (χ0) is 14.7. The van der Waals surface area contributed by atoms with Crippen LogP contribution in [0.25, 0.3) is 0 Å². The van der Waals surface area contributed by atoms with Gasteiger partial charge in [-0.2, -0.15) is 0 Å². The number of rotatable bonds is 4. The number of nitrogens with zero attached hydrogens (tertiary/aromatic N) is 1. The average molecular weight is 329 g/mol. The second kappa shape index (κ2) is 6.57. The van der Waals surface area contributed by atoms with E-state index < -0.39 is 0 Å². The fourth-order valence-electron chi connectivity index (χ4n) is 1.86. The van der Waals surface area contributed by atoms with Crippen LogP contribution in [0.2, 0.25) is 10.0 Å². The van der Waals surface area contributed by atoms with E-state index in [-0.39, 0.29) is 5.91 Å². The Bertz CT molecular complexity index is 640. The van der Waals surface area contributed by atoms with Crippen LogP contribution in [0.15, 0.2) is 18.2 Å². The topological polar surface area (TPSA) is 42.0 Å². The van der Waals surface area contributed by atoms with Crippen LogP contribution in [0, 0.1) is 13.8 Å². The predicted molar refractivity (Wildman–Crippen MR) is 84.1 cm³/mol. The smallest absolute Gasteiger partial charge is 0.252 e. The van der Waals surface area contributed by atoms with Crippen molar-refractivity contribution in [3.05, 3.63) is 49.4 Å². The number of nitrogens with one attached hydrogen (secondary N) is 1. The molecule has 0 saturated carbocycles. The molecule has 0 bridgehead atoms. The van der Waals surface area contributed by atoms with Crippen LogP contribution in [-0.2, 0) is 6.42 Å². The summed E-state index contributed by atoms with van der Waals surface area (Å²) in [4.78, 5) is 17.6. The second-order valence-corrected chi connectivity index (χ2v) is 6.50. The standard InChI is InChI=1S/C14H14Cl2N2OS/c1-8-13(20-9(2)18-8)5-6-17-14(19)11-4-3-10(15)7-12(11)16/h3-4,7H,5-6H2,1-2H3,(H,17,19). The lowest BCUT2D eigenvalue weighted by atomic mass is 10.2. The van der Waals surface area contributed by atoms with E-state index in [4.69, 9.17) is 23.2 Å². The number of amides is 1. The lowest BCUT2D eigenvalue weighted by Crippen LogP contribution is -2.25. The molecule has 2 aromatic rings. The number of hydrogen-bond donors (Lipinski definition) is 1. The molecule has 1 amide bonds. The van der Waals surface area contributed by atoms with Crippen molar-refractivity contribution in [2.45, 2.75) is 20.3 Å². The summed E-state index contributed by atoms with van der Waals surface area (Å²) >= 11 is 13.5. The molecule has 6 heteroatoms. The van der Waals surface area contributed by atoms with Gasteiger partial charge in [-0.15, -0.1) is 11.3 Å². The normalized spacial score (nSPS) is 10.6. The number of aromatic nitrogens is 1. The maximum Gasteiger partial charge on any atom is 0.252 e. The van der Waals surface area contributed by atoms with E-state index in [1.54, 1.807) is 29.5 Å². The molecule has 3 nitrogen and oxygen atoms in total. The molecule has 20 heavy (non-hydrogen) atoms. The third-order valence-corrected chi connectivity index (χ3v) is 4.49. The van der Waals surface area contributed by atoms with Crippen molar-refractivity contribution in [1.29, 1.82) is 0 Å². The van der Waals surface area contributed by atoms with Gasteiger partial charge in [0.1, 0.15) is 0 Å². The molecule has 0 fully saturated rings. The SMILES string of the molecule is Cc1nc(C)c(CCNC(=O)c2ccc(Cl)cc2Cl)s1. The monoisotopic (exact) mass is 328 g/mol. The zero-order valence-electron chi connectivity index (χ0n) is 11.2. The summed E-state index contributed by atoms with van der Waals surface area (Å²) in [6.45, 7) is 4.52. The number of hydrogen-bond acceptors (Lipinski definition) is 3. The van der Waals surface area contributed by atoms with Gasteiger partial charge in [-0.25, -0.2) is 4.98 Å². The van der Waals surface area contributed by atoms with Crippen LogP contribution in [0.5, 0.6) is 0 Å². The summed E-state index contributed by atoms with van der Waals surface area (Å²) in [5, 5.41) is 4.78. The molecule has 1 aromatic carbocycles. The molecule has 1 aromatic heterocycles. The molecular formula is C14H14Cl2N2OS. The average Bonchev–Trinajstić information content (AvgIpc) is 2.67. The summed E-state index contributed by atoms with van der Waals surface area (Å²) in [7, 11) is 0. The Hall–Kier alpha value is -1.10. The van der Waals surface area contributed by atoms with Crippen molar-refractivity contribution in [2.24, 2.45) is 0 Å². The van der Waals surface area contributed by atoms with Crippen molar-refractivity contribution in [3.63, 3.8) is 0 Å². The number of benzene rings is 1. The fourth-order valence-corrected chi connectivity index (χ4v) is 3.29. The highest BCUT2D eigenvalue weighted by molar-refractivity contribution is 7.11. The summed E-state index contributed by atoms with van der Waals surface area (Å²) in [6, 6.07) is 4.84. The van der Waals surface area contributed by atoms with Gasteiger partial charge in [0.2, 0.25) is 0 Å². The first-order valence-corrected chi connectivity index (χ1v) is 7.71. The summed E-state index contributed by atoms with van der Waals surface area (Å²) in [5.41, 5.74) is 1.47. The van der Waals surface area contributed by atoms with Gasteiger partial charge in [-0.05, 0) is 32.0 Å². The van der Waals surface area contributed by atoms with Crippen LogP contribution < -0.4 is 5.32 Å². The third kappa shape index (κ3) is 3.72. The van der Waals surface area contributed by atoms with Gasteiger partial charge in [0.25, 0.3) is 5.91 Å². The van der Waals surface area contributed by atoms with Crippen molar-refractivity contribution >= 4 is 40.4 Å². The Morgan fingerprint density at radius 3 is 2.70 bits per heavy atom. The molecular weight excluding hydrogens is 315 g/mol. The highest BCUT2D eigenvalue weighted by atomic mass is 35.5. The first-order valence-electron chi connectivity index (χ1n) is 6.13. The minimum absolute atomic E-state index is 0.189. The summed E-state index contributed by atoms with van der Waals surface area (Å²) in [5.74, 6) is -0.189. The molecule has 106 valence electrons. The highest BCUT2D eigenvalue weighted by Gasteiger charge is 2.11. The van der Waals surface area contributed by atoms with Gasteiger partial charge in [-0.3, -0.25) is 4.79 Å². The molecule has 0 aliphatic carbocycles. The fraction of sp³-hybridized carbons (Fsp3) is 0.286. The van der Waals surface area contributed by atoms with Crippen molar-refractivity contribution in [2.75, 3.05) is 6.54 Å². The van der Waals surface area contributed by atoms with Gasteiger partial charge in [0.05, 0.1) is 21.3 Å². The summed E-state index contributed by atoms with van der Waals surface area (Å²) < 4.78 is 0. The quantitative estimate of drug-likeness (QED) is 0.920. The van der Waals surface area contributed by atoms with E-state index in [1.165, 1.54) is 4.88 Å². The number of carbonyl (C=O) groups is 1. The molecule has 0 aliphatic rings. The molecule has 2 rings (SSSR count). The molecule has 1 N–H and O–H groups in total. The lowest BCUT2D eigenvalue weighted by Gasteiger charge is -2.06. The van der Waals surface area contributed by atoms with Crippen molar-refractivity contribution < 1.29 is 4.79 Å². The van der Waals surface area contributed by atoms with Gasteiger partial charge in [-0.1, -0.05) is 23.2 Å². The van der Waals surface area contributed by atoms with E-state index in [0.717, 1.165) is 17.1 Å². The Balaban J connectivity index is 1.94. The maximum absolute atomic E-state index is 12.0. The van der Waals surface area contributed by atoms with Crippen LogP contribution in [0.3, 0.4) is 0 Å². The Labute approximate surface area is 131 Å². The number of aryl methyl sites for hydroxylation is 2. The third-order valence-electron chi connectivity index (χ3n) is 2.81. The minimum Gasteiger partial charge on any atom is -0.352 e. The van der Waals surface area contributed by atoms with Crippen molar-refractivity contribution in [3.8, 4) is 0 Å². The van der Waals surface area contributed by atoms with Crippen LogP contribution in [0.1, 0.15) is 25.9 Å². The Morgan fingerprint density at radius 2 is 2.10 bits per heavy atom. The van der Waals surface area contributed by atoms with Gasteiger partial charge >= 0.3 is 0 Å². The number of carbonyl (C=O) groups excluding carboxylic acids is 1. The van der Waals surface area contributed by atoms with E-state index in [1.807, 2.05) is 13.8 Å². The molecule has 0 atom stereocenters. The number of thiazole rings is 1. The Morgan fingerprint density at radius 1 is 1.35 bits per heavy atom. The van der Waals surface area contributed by atoms with Crippen LogP contribution in [0.4, 0.5) is 0 Å². The van der Waals surface area contributed by atoms with E-state index >= 15 is 0 Å². The summed E-state index contributed by atoms with van der Waals surface area (Å²) in [6.07, 6.45) is 0.772. The zero-order valence-corrected chi connectivity index (χ0v) is 13.5. The van der Waals surface area contributed by atoms with Gasteiger partial charge in [0.15, 0.2) is 0 Å². The molecule has 0 saturated heterocycles. The molecule has 0 unspecified atom stereocenters. The van der Waals surface area contributed by atoms with E-state index in [0.29, 0.717) is 22.2 Å². The minimum atomic E-state index is -0.189. The van der Waals surface area contributed by atoms with E-state index in [9.17, 15) is 4.79 Å².